The zero-order valence-corrected chi connectivity index (χ0v) is 11.6. The summed E-state index contributed by atoms with van der Waals surface area (Å²) < 4.78 is 5.70. The van der Waals surface area contributed by atoms with Crippen LogP contribution in [0.2, 0.25) is 0 Å². The molecule has 1 aromatic heterocycles. The van der Waals surface area contributed by atoms with Crippen LogP contribution in [0.4, 0.5) is 11.5 Å². The van der Waals surface area contributed by atoms with Crippen LogP contribution in [0, 0.1) is 11.3 Å². The summed E-state index contributed by atoms with van der Waals surface area (Å²) in [5, 5.41) is 3.41. The molecule has 0 bridgehead atoms. The van der Waals surface area contributed by atoms with Crippen molar-refractivity contribution in [1.82, 2.24) is 4.98 Å². The second kappa shape index (κ2) is 4.91. The number of hydrogen-bond donors (Lipinski definition) is 2. The molecule has 0 amide bonds. The maximum Gasteiger partial charge on any atom is 0.239 e. The Hall–Kier alpha value is -1.45. The van der Waals surface area contributed by atoms with Gasteiger partial charge in [0.25, 0.3) is 0 Å². The largest absolute Gasteiger partial charge is 0.476 e. The van der Waals surface area contributed by atoms with E-state index in [0.29, 0.717) is 22.9 Å². The molecule has 3 N–H and O–H groups in total. The third kappa shape index (κ3) is 3.11. The van der Waals surface area contributed by atoms with Crippen LogP contribution in [0.3, 0.4) is 0 Å². The molecule has 2 aliphatic carbocycles. The molecule has 3 rings (SSSR count). The third-order valence-corrected chi connectivity index (χ3v) is 4.30. The number of nitrogens with one attached hydrogen (secondary N) is 1. The van der Waals surface area contributed by atoms with Gasteiger partial charge in [-0.3, -0.25) is 0 Å². The average molecular weight is 261 g/mol. The Bertz CT molecular complexity index is 453. The maximum absolute atomic E-state index is 5.90. The molecule has 19 heavy (non-hydrogen) atoms. The topological polar surface area (TPSA) is 60.2 Å². The van der Waals surface area contributed by atoms with Gasteiger partial charge in [-0.2, -0.15) is 4.98 Å². The molecule has 1 heterocycles. The van der Waals surface area contributed by atoms with Gasteiger partial charge < -0.3 is 15.8 Å². The lowest BCUT2D eigenvalue weighted by atomic mass is 9.70. The molecular weight excluding hydrogens is 238 g/mol. The smallest absolute Gasteiger partial charge is 0.239 e. The number of nitrogen functional groups attached to an aromatic ring is 1. The van der Waals surface area contributed by atoms with E-state index in [2.05, 4.69) is 17.2 Å². The molecule has 4 heteroatoms. The number of ether oxygens (including phenoxy) is 1. The van der Waals surface area contributed by atoms with Crippen molar-refractivity contribution in [2.24, 2.45) is 11.3 Å². The summed E-state index contributed by atoms with van der Waals surface area (Å²) in [5.74, 6) is 2.16. The standard InChI is InChI=1S/C15H23N3O/c1-15(7-2-8-15)10-17-13-6-5-12(16)14(18-13)19-9-11-3-4-11/h5-6,11H,2-4,7-10,16H2,1H3,(H,17,18). The first-order valence-corrected chi connectivity index (χ1v) is 7.28. The molecule has 2 aliphatic rings. The highest BCUT2D eigenvalue weighted by Crippen LogP contribution is 2.40. The van der Waals surface area contributed by atoms with Crippen LogP contribution in [-0.2, 0) is 0 Å². The van der Waals surface area contributed by atoms with E-state index in [9.17, 15) is 0 Å². The third-order valence-electron chi connectivity index (χ3n) is 4.30. The van der Waals surface area contributed by atoms with E-state index in [1.54, 1.807) is 0 Å². The lowest BCUT2D eigenvalue weighted by molar-refractivity contribution is 0.179. The van der Waals surface area contributed by atoms with Gasteiger partial charge in [0.05, 0.1) is 12.3 Å². The fourth-order valence-electron chi connectivity index (χ4n) is 2.41. The molecule has 4 nitrogen and oxygen atoms in total. The molecule has 0 aliphatic heterocycles. The molecule has 2 fully saturated rings. The van der Waals surface area contributed by atoms with E-state index in [1.165, 1.54) is 32.1 Å². The van der Waals surface area contributed by atoms with E-state index >= 15 is 0 Å². The van der Waals surface area contributed by atoms with Crippen LogP contribution in [0.25, 0.3) is 0 Å². The lowest BCUT2D eigenvalue weighted by Gasteiger charge is -2.38. The van der Waals surface area contributed by atoms with Gasteiger partial charge >= 0.3 is 0 Å². The fourth-order valence-corrected chi connectivity index (χ4v) is 2.41. The number of nitrogens with two attached hydrogens (primary N) is 1. The van der Waals surface area contributed by atoms with Crippen molar-refractivity contribution in [2.45, 2.75) is 39.0 Å². The molecule has 2 saturated carbocycles. The minimum absolute atomic E-state index is 0.443. The Balaban J connectivity index is 1.59. The average Bonchev–Trinajstić information content (AvgIpc) is 3.18. The van der Waals surface area contributed by atoms with Crippen molar-refractivity contribution in [3.8, 4) is 5.88 Å². The first-order chi connectivity index (χ1) is 9.15. The number of aromatic nitrogens is 1. The summed E-state index contributed by atoms with van der Waals surface area (Å²) in [4.78, 5) is 4.48. The number of rotatable bonds is 6. The van der Waals surface area contributed by atoms with Crippen molar-refractivity contribution in [2.75, 3.05) is 24.2 Å². The molecule has 0 unspecified atom stereocenters. The van der Waals surface area contributed by atoms with Gasteiger partial charge in [0.15, 0.2) is 0 Å². The van der Waals surface area contributed by atoms with Gasteiger partial charge in [-0.15, -0.1) is 0 Å². The van der Waals surface area contributed by atoms with Crippen molar-refractivity contribution in [3.63, 3.8) is 0 Å². The number of anilines is 2. The first-order valence-electron chi connectivity index (χ1n) is 7.28. The Kier molecular flexibility index (Phi) is 3.25. The second-order valence-corrected chi connectivity index (χ2v) is 6.36. The van der Waals surface area contributed by atoms with Gasteiger partial charge in [-0.25, -0.2) is 0 Å². The minimum atomic E-state index is 0.443. The van der Waals surface area contributed by atoms with E-state index in [0.717, 1.165) is 19.0 Å². The van der Waals surface area contributed by atoms with Crippen LogP contribution in [0.15, 0.2) is 12.1 Å². The molecular formula is C15H23N3O. The highest BCUT2D eigenvalue weighted by atomic mass is 16.5. The van der Waals surface area contributed by atoms with E-state index < -0.39 is 0 Å². The maximum atomic E-state index is 5.90. The van der Waals surface area contributed by atoms with Crippen molar-refractivity contribution in [3.05, 3.63) is 12.1 Å². The molecule has 0 radical (unpaired) electrons. The van der Waals surface area contributed by atoms with E-state index in [1.807, 2.05) is 12.1 Å². The van der Waals surface area contributed by atoms with Crippen LogP contribution >= 0.6 is 0 Å². The van der Waals surface area contributed by atoms with E-state index in [4.69, 9.17) is 10.5 Å². The predicted octanol–water partition coefficient (Wildman–Crippen LogP) is 3.05. The van der Waals surface area contributed by atoms with Gasteiger partial charge in [-0.05, 0) is 49.1 Å². The van der Waals surface area contributed by atoms with E-state index in [-0.39, 0.29) is 0 Å². The quantitative estimate of drug-likeness (QED) is 0.826. The molecule has 0 spiro atoms. The van der Waals surface area contributed by atoms with Crippen LogP contribution in [0.5, 0.6) is 5.88 Å². The molecule has 0 aromatic carbocycles. The zero-order valence-electron chi connectivity index (χ0n) is 11.6. The lowest BCUT2D eigenvalue weighted by Crippen LogP contribution is -2.33. The zero-order chi connectivity index (χ0) is 13.3. The van der Waals surface area contributed by atoms with Crippen molar-refractivity contribution in [1.29, 1.82) is 0 Å². The Labute approximate surface area is 114 Å². The van der Waals surface area contributed by atoms with Crippen LogP contribution < -0.4 is 15.8 Å². The minimum Gasteiger partial charge on any atom is -0.476 e. The van der Waals surface area contributed by atoms with Gasteiger partial charge in [0.1, 0.15) is 5.82 Å². The Morgan fingerprint density at radius 3 is 2.84 bits per heavy atom. The summed E-state index contributed by atoms with van der Waals surface area (Å²) in [6.07, 6.45) is 6.51. The molecule has 0 atom stereocenters. The highest BCUT2D eigenvalue weighted by molar-refractivity contribution is 5.53. The second-order valence-electron chi connectivity index (χ2n) is 6.36. The SMILES string of the molecule is CC1(CNc2ccc(N)c(OCC3CC3)n2)CCC1. The molecule has 104 valence electrons. The number of hydrogen-bond acceptors (Lipinski definition) is 4. The summed E-state index contributed by atoms with van der Waals surface area (Å²) in [7, 11) is 0. The summed E-state index contributed by atoms with van der Waals surface area (Å²) in [6.45, 7) is 4.05. The van der Waals surface area contributed by atoms with Gasteiger partial charge in [0, 0.05) is 6.54 Å². The molecule has 0 saturated heterocycles. The number of pyridine rings is 1. The Morgan fingerprint density at radius 1 is 1.42 bits per heavy atom. The molecule has 1 aromatic rings. The highest BCUT2D eigenvalue weighted by Gasteiger charge is 2.31. The summed E-state index contributed by atoms with van der Waals surface area (Å²) in [6, 6.07) is 3.81. The van der Waals surface area contributed by atoms with Crippen molar-refractivity contribution < 1.29 is 4.74 Å². The van der Waals surface area contributed by atoms with Crippen LogP contribution in [-0.4, -0.2) is 18.1 Å². The Morgan fingerprint density at radius 2 is 2.21 bits per heavy atom. The monoisotopic (exact) mass is 261 g/mol. The summed E-state index contributed by atoms with van der Waals surface area (Å²) >= 11 is 0. The predicted molar refractivity (Wildman–Crippen MR) is 77.3 cm³/mol. The number of nitrogens with zero attached hydrogens (tertiary/aromatic N) is 1. The first kappa shape index (κ1) is 12.6. The fraction of sp³-hybridized carbons (Fsp3) is 0.667. The van der Waals surface area contributed by atoms with Crippen molar-refractivity contribution >= 4 is 11.5 Å². The van der Waals surface area contributed by atoms with Gasteiger partial charge in [-0.1, -0.05) is 13.3 Å². The summed E-state index contributed by atoms with van der Waals surface area (Å²) in [5.41, 5.74) is 6.97. The van der Waals surface area contributed by atoms with Crippen LogP contribution in [0.1, 0.15) is 39.0 Å². The normalized spacial score (nSPS) is 20.7. The van der Waals surface area contributed by atoms with Gasteiger partial charge in [0.2, 0.25) is 5.88 Å².